The van der Waals surface area contributed by atoms with Gasteiger partial charge in [0, 0.05) is 0 Å². The molecule has 1 fully saturated rings. The van der Waals surface area contributed by atoms with Crippen LogP contribution in [0.5, 0.6) is 0 Å². The first-order chi connectivity index (χ1) is 4.02. The minimum absolute atomic E-state index is 0. The van der Waals surface area contributed by atoms with Crippen molar-refractivity contribution in [3.8, 4) is 0 Å². The number of nitrogens with two attached hydrogens (primary N) is 1. The minimum Gasteiger partial charge on any atom is -0.330 e. The van der Waals surface area contributed by atoms with Crippen LogP contribution in [0.2, 0.25) is 24.7 Å². The molecular weight excluding hydrogens is 162 g/mol. The van der Waals surface area contributed by atoms with Crippen LogP contribution < -0.4 is 5.73 Å². The van der Waals surface area contributed by atoms with E-state index in [1.54, 1.807) is 0 Å². The first-order valence-corrected chi connectivity index (χ1v) is 7.22. The molecule has 0 aromatic rings. The molecule has 0 aliphatic heterocycles. The Kier molecular flexibility index (Phi) is 2.97. The molecule has 0 saturated heterocycles. The lowest BCUT2D eigenvalue weighted by Crippen LogP contribution is -2.34. The first kappa shape index (κ1) is 10.5. The topological polar surface area (TPSA) is 26.0 Å². The highest BCUT2D eigenvalue weighted by atomic mass is 35.5. The summed E-state index contributed by atoms with van der Waals surface area (Å²) in [5, 5.41) is 0.646. The van der Waals surface area contributed by atoms with Gasteiger partial charge in [0.2, 0.25) is 0 Å². The van der Waals surface area contributed by atoms with Crippen molar-refractivity contribution in [2.24, 2.45) is 5.73 Å². The zero-order valence-corrected chi connectivity index (χ0v) is 8.92. The Balaban J connectivity index is 0.000000810. The van der Waals surface area contributed by atoms with Crippen molar-refractivity contribution in [3.05, 3.63) is 0 Å². The molecule has 0 amide bonds. The molecular formula is C7H18ClNSi. The Morgan fingerprint density at radius 1 is 1.30 bits per heavy atom. The van der Waals surface area contributed by atoms with Crippen LogP contribution in [0.1, 0.15) is 12.8 Å². The van der Waals surface area contributed by atoms with Gasteiger partial charge in [-0.25, -0.2) is 0 Å². The van der Waals surface area contributed by atoms with E-state index < -0.39 is 8.07 Å². The van der Waals surface area contributed by atoms with E-state index >= 15 is 0 Å². The zero-order chi connectivity index (χ0) is 7.12. The Morgan fingerprint density at radius 2 is 1.70 bits per heavy atom. The maximum absolute atomic E-state index is 5.69. The predicted molar refractivity (Wildman–Crippen MR) is 51.6 cm³/mol. The average molecular weight is 180 g/mol. The van der Waals surface area contributed by atoms with Crippen LogP contribution in [0.3, 0.4) is 0 Å². The van der Waals surface area contributed by atoms with E-state index in [2.05, 4.69) is 19.6 Å². The van der Waals surface area contributed by atoms with E-state index in [1.165, 1.54) is 12.8 Å². The van der Waals surface area contributed by atoms with Crippen LogP contribution in [0.4, 0.5) is 0 Å². The monoisotopic (exact) mass is 179 g/mol. The summed E-state index contributed by atoms with van der Waals surface area (Å²) in [6.45, 7) is 8.20. The quantitative estimate of drug-likeness (QED) is 0.647. The van der Waals surface area contributed by atoms with Gasteiger partial charge in [-0.05, 0) is 24.4 Å². The molecule has 1 rings (SSSR count). The van der Waals surface area contributed by atoms with E-state index in [1.807, 2.05) is 0 Å². The smallest absolute Gasteiger partial charge is 0.0521 e. The molecule has 0 spiro atoms. The lowest BCUT2D eigenvalue weighted by molar-refractivity contribution is 0.829. The third-order valence-electron chi connectivity index (χ3n) is 2.84. The summed E-state index contributed by atoms with van der Waals surface area (Å²) < 4.78 is 0. The fourth-order valence-electron chi connectivity index (χ4n) is 1.41. The van der Waals surface area contributed by atoms with Crippen LogP contribution in [0.25, 0.3) is 0 Å². The molecule has 0 unspecified atom stereocenters. The summed E-state index contributed by atoms with van der Waals surface area (Å²) in [5.41, 5.74) is 5.69. The molecule has 3 heteroatoms. The van der Waals surface area contributed by atoms with Crippen LogP contribution in [-0.4, -0.2) is 14.6 Å². The number of halogens is 1. The molecule has 10 heavy (non-hydrogen) atoms. The van der Waals surface area contributed by atoms with E-state index in [-0.39, 0.29) is 12.4 Å². The Labute approximate surface area is 70.8 Å². The van der Waals surface area contributed by atoms with Gasteiger partial charge < -0.3 is 5.73 Å². The van der Waals surface area contributed by atoms with Crippen molar-refractivity contribution in [2.75, 3.05) is 6.54 Å². The summed E-state index contributed by atoms with van der Waals surface area (Å²) in [6, 6.07) is 0. The predicted octanol–water partition coefficient (Wildman–Crippen LogP) is 2.24. The normalized spacial score (nSPS) is 21.6. The van der Waals surface area contributed by atoms with Crippen molar-refractivity contribution in [3.63, 3.8) is 0 Å². The second-order valence-corrected chi connectivity index (χ2v) is 9.80. The molecule has 0 aromatic carbocycles. The van der Waals surface area contributed by atoms with Crippen molar-refractivity contribution in [1.82, 2.24) is 0 Å². The van der Waals surface area contributed by atoms with Crippen LogP contribution in [0, 0.1) is 0 Å². The maximum Gasteiger partial charge on any atom is 0.0521 e. The zero-order valence-electron chi connectivity index (χ0n) is 7.11. The number of hydrogen-bond donors (Lipinski definition) is 1. The van der Waals surface area contributed by atoms with Crippen molar-refractivity contribution >= 4 is 20.5 Å². The van der Waals surface area contributed by atoms with Crippen LogP contribution in [0.15, 0.2) is 0 Å². The van der Waals surface area contributed by atoms with Gasteiger partial charge in [-0.15, -0.1) is 12.4 Å². The van der Waals surface area contributed by atoms with E-state index in [0.29, 0.717) is 5.04 Å². The minimum atomic E-state index is -0.899. The Bertz CT molecular complexity index is 115. The summed E-state index contributed by atoms with van der Waals surface area (Å²) in [7, 11) is -0.899. The first-order valence-electron chi connectivity index (χ1n) is 3.72. The van der Waals surface area contributed by atoms with Gasteiger partial charge >= 0.3 is 0 Å². The summed E-state index contributed by atoms with van der Waals surface area (Å²) in [5.74, 6) is 0. The second kappa shape index (κ2) is 2.84. The van der Waals surface area contributed by atoms with Crippen LogP contribution in [-0.2, 0) is 0 Å². The SMILES string of the molecule is C[Si](C)(C)C1(CN)CC1.Cl. The summed E-state index contributed by atoms with van der Waals surface area (Å²) in [4.78, 5) is 0. The fourth-order valence-corrected chi connectivity index (χ4v) is 3.65. The molecule has 2 N–H and O–H groups in total. The van der Waals surface area contributed by atoms with Gasteiger partial charge in [0.25, 0.3) is 0 Å². The van der Waals surface area contributed by atoms with Crippen LogP contribution >= 0.6 is 12.4 Å². The van der Waals surface area contributed by atoms with E-state index in [9.17, 15) is 0 Å². The summed E-state index contributed by atoms with van der Waals surface area (Å²) >= 11 is 0. The van der Waals surface area contributed by atoms with Gasteiger partial charge in [-0.2, -0.15) is 0 Å². The fraction of sp³-hybridized carbons (Fsp3) is 1.00. The Morgan fingerprint density at radius 3 is 1.70 bits per heavy atom. The lowest BCUT2D eigenvalue weighted by atomic mass is 10.4. The average Bonchev–Trinajstić information content (AvgIpc) is 2.40. The Hall–Kier alpha value is 0.467. The molecule has 1 aliphatic carbocycles. The van der Waals surface area contributed by atoms with Gasteiger partial charge in [-0.3, -0.25) is 0 Å². The van der Waals surface area contributed by atoms with E-state index in [4.69, 9.17) is 5.73 Å². The molecule has 62 valence electrons. The number of hydrogen-bond acceptors (Lipinski definition) is 1. The molecule has 0 aromatic heterocycles. The highest BCUT2D eigenvalue weighted by Crippen LogP contribution is 2.59. The number of rotatable bonds is 2. The third-order valence-corrected chi connectivity index (χ3v) is 6.72. The highest BCUT2D eigenvalue weighted by Gasteiger charge is 2.51. The molecule has 1 aliphatic rings. The van der Waals surface area contributed by atoms with Gasteiger partial charge in [0.1, 0.15) is 0 Å². The molecule has 0 heterocycles. The van der Waals surface area contributed by atoms with Gasteiger partial charge in [0.05, 0.1) is 8.07 Å². The van der Waals surface area contributed by atoms with Gasteiger partial charge in [-0.1, -0.05) is 19.6 Å². The van der Waals surface area contributed by atoms with E-state index in [0.717, 1.165) is 6.54 Å². The maximum atomic E-state index is 5.69. The van der Waals surface area contributed by atoms with Crippen molar-refractivity contribution in [1.29, 1.82) is 0 Å². The molecule has 0 bridgehead atoms. The summed E-state index contributed by atoms with van der Waals surface area (Å²) in [6.07, 6.45) is 2.80. The van der Waals surface area contributed by atoms with Crippen molar-refractivity contribution < 1.29 is 0 Å². The lowest BCUT2D eigenvalue weighted by Gasteiger charge is -2.26. The highest BCUT2D eigenvalue weighted by molar-refractivity contribution is 6.80. The molecule has 0 radical (unpaired) electrons. The largest absolute Gasteiger partial charge is 0.330 e. The standard InChI is InChI=1S/C7H17NSi.ClH/c1-9(2,3)7(6-8)4-5-7;/h4-6,8H2,1-3H3;1H. The second-order valence-electron chi connectivity index (χ2n) is 4.23. The van der Waals surface area contributed by atoms with Crippen molar-refractivity contribution in [2.45, 2.75) is 37.5 Å². The third kappa shape index (κ3) is 1.55. The molecule has 1 saturated carbocycles. The molecule has 1 nitrogen and oxygen atoms in total. The van der Waals surface area contributed by atoms with Gasteiger partial charge in [0.15, 0.2) is 0 Å². The molecule has 0 atom stereocenters.